The zero-order valence-electron chi connectivity index (χ0n) is 12.5. The lowest BCUT2D eigenvalue weighted by Crippen LogP contribution is -2.25. The minimum atomic E-state index is 0.0346. The highest BCUT2D eigenvalue weighted by atomic mass is 35.5. The summed E-state index contributed by atoms with van der Waals surface area (Å²) in [5.41, 5.74) is 1.93. The van der Waals surface area contributed by atoms with Crippen LogP contribution in [0.25, 0.3) is 0 Å². The van der Waals surface area contributed by atoms with Crippen LogP contribution >= 0.6 is 34.8 Å². The summed E-state index contributed by atoms with van der Waals surface area (Å²) in [7, 11) is 0. The summed E-state index contributed by atoms with van der Waals surface area (Å²) < 4.78 is 6.00. The van der Waals surface area contributed by atoms with E-state index in [1.807, 2.05) is 31.2 Å². The summed E-state index contributed by atoms with van der Waals surface area (Å²) in [6.07, 6.45) is 0.909. The first-order chi connectivity index (χ1) is 10.5. The summed E-state index contributed by atoms with van der Waals surface area (Å²) in [4.78, 5) is 0. The van der Waals surface area contributed by atoms with Gasteiger partial charge in [-0.3, -0.25) is 0 Å². The van der Waals surface area contributed by atoms with E-state index in [4.69, 9.17) is 39.5 Å². The second kappa shape index (κ2) is 7.96. The van der Waals surface area contributed by atoms with Gasteiger partial charge >= 0.3 is 0 Å². The maximum absolute atomic E-state index is 6.16. The van der Waals surface area contributed by atoms with Crippen molar-refractivity contribution in [2.24, 2.45) is 0 Å². The lowest BCUT2D eigenvalue weighted by Gasteiger charge is -2.20. The Hall–Kier alpha value is -1.09. The zero-order valence-corrected chi connectivity index (χ0v) is 14.8. The van der Waals surface area contributed by atoms with Crippen LogP contribution in [0.2, 0.25) is 15.1 Å². The quantitative estimate of drug-likeness (QED) is 0.618. The Morgan fingerprint density at radius 3 is 2.45 bits per heavy atom. The van der Waals surface area contributed by atoms with E-state index in [0.29, 0.717) is 21.6 Å². The van der Waals surface area contributed by atoms with Crippen LogP contribution in [-0.4, -0.2) is 12.6 Å². The third kappa shape index (κ3) is 4.70. The third-order valence-corrected chi connectivity index (χ3v) is 4.31. The molecule has 0 fully saturated rings. The molecule has 118 valence electrons. The van der Waals surface area contributed by atoms with Crippen LogP contribution in [-0.2, 0) is 0 Å². The van der Waals surface area contributed by atoms with Crippen LogP contribution in [0.3, 0.4) is 0 Å². The number of rotatable bonds is 6. The fourth-order valence-electron chi connectivity index (χ4n) is 2.03. The Labute approximate surface area is 146 Å². The number of nitrogens with one attached hydrogen (secondary N) is 1. The highest BCUT2D eigenvalue weighted by Gasteiger charge is 2.11. The number of benzene rings is 2. The summed E-state index contributed by atoms with van der Waals surface area (Å²) in [6.45, 7) is 4.75. The van der Waals surface area contributed by atoms with Crippen molar-refractivity contribution in [2.45, 2.75) is 26.4 Å². The Balaban J connectivity index is 2.01. The topological polar surface area (TPSA) is 21.3 Å². The van der Waals surface area contributed by atoms with Crippen LogP contribution in [0, 0.1) is 6.92 Å². The standard InChI is InChI=1S/C17H18Cl3NO/c1-3-12(22-13-6-4-5-11(2)7-13)10-21-17-9-15(19)14(18)8-16(17)20/h4-9,12,21H,3,10H2,1-2H3. The van der Waals surface area contributed by atoms with Gasteiger partial charge in [-0.25, -0.2) is 0 Å². The Kier molecular flexibility index (Phi) is 6.25. The molecule has 2 nitrogen and oxygen atoms in total. The van der Waals surface area contributed by atoms with Gasteiger partial charge < -0.3 is 10.1 Å². The molecule has 0 aromatic heterocycles. The molecule has 2 aromatic rings. The lowest BCUT2D eigenvalue weighted by atomic mass is 10.2. The largest absolute Gasteiger partial charge is 0.489 e. The molecule has 0 aliphatic carbocycles. The van der Waals surface area contributed by atoms with Crippen molar-refractivity contribution >= 4 is 40.5 Å². The van der Waals surface area contributed by atoms with E-state index in [1.165, 1.54) is 5.56 Å². The van der Waals surface area contributed by atoms with Gasteiger partial charge in [-0.2, -0.15) is 0 Å². The molecule has 0 saturated heterocycles. The third-order valence-electron chi connectivity index (χ3n) is 3.28. The van der Waals surface area contributed by atoms with Crippen molar-refractivity contribution < 1.29 is 4.74 Å². The van der Waals surface area contributed by atoms with E-state index in [1.54, 1.807) is 12.1 Å². The lowest BCUT2D eigenvalue weighted by molar-refractivity contribution is 0.210. The highest BCUT2D eigenvalue weighted by molar-refractivity contribution is 6.44. The second-order valence-corrected chi connectivity index (χ2v) is 6.31. The molecule has 2 aromatic carbocycles. The first-order valence-electron chi connectivity index (χ1n) is 7.11. The first-order valence-corrected chi connectivity index (χ1v) is 8.24. The molecule has 0 bridgehead atoms. The molecule has 1 atom stereocenters. The van der Waals surface area contributed by atoms with E-state index in [9.17, 15) is 0 Å². The minimum absolute atomic E-state index is 0.0346. The van der Waals surface area contributed by atoms with E-state index in [-0.39, 0.29) is 6.10 Å². The predicted octanol–water partition coefficient (Wildman–Crippen LogP) is 6.22. The fraction of sp³-hybridized carbons (Fsp3) is 0.294. The van der Waals surface area contributed by atoms with Gasteiger partial charge in [0.2, 0.25) is 0 Å². The smallest absolute Gasteiger partial charge is 0.120 e. The molecule has 0 aliphatic heterocycles. The fourth-order valence-corrected chi connectivity index (χ4v) is 2.65. The Bertz CT molecular complexity index is 646. The first kappa shape index (κ1) is 17.3. The van der Waals surface area contributed by atoms with E-state index >= 15 is 0 Å². The van der Waals surface area contributed by atoms with Crippen molar-refractivity contribution in [3.8, 4) is 5.75 Å². The monoisotopic (exact) mass is 357 g/mol. The summed E-state index contributed by atoms with van der Waals surface area (Å²) >= 11 is 18.1. The van der Waals surface area contributed by atoms with Crippen LogP contribution < -0.4 is 10.1 Å². The number of hydrogen-bond donors (Lipinski definition) is 1. The molecule has 5 heteroatoms. The van der Waals surface area contributed by atoms with Crippen molar-refractivity contribution in [2.75, 3.05) is 11.9 Å². The van der Waals surface area contributed by atoms with Crippen LogP contribution in [0.15, 0.2) is 36.4 Å². The maximum Gasteiger partial charge on any atom is 0.120 e. The molecule has 0 spiro atoms. The minimum Gasteiger partial charge on any atom is -0.489 e. The molecule has 2 rings (SSSR count). The summed E-state index contributed by atoms with van der Waals surface area (Å²) in [5.74, 6) is 0.869. The molecule has 0 saturated carbocycles. The van der Waals surface area contributed by atoms with E-state index in [2.05, 4.69) is 12.2 Å². The Morgan fingerprint density at radius 2 is 1.77 bits per heavy atom. The number of halogens is 3. The number of hydrogen-bond acceptors (Lipinski definition) is 2. The van der Waals surface area contributed by atoms with Gasteiger partial charge in [0.1, 0.15) is 11.9 Å². The van der Waals surface area contributed by atoms with Crippen molar-refractivity contribution in [1.29, 1.82) is 0 Å². The van der Waals surface area contributed by atoms with Crippen molar-refractivity contribution in [1.82, 2.24) is 0 Å². The normalized spacial score (nSPS) is 12.0. The van der Waals surface area contributed by atoms with Crippen molar-refractivity contribution in [3.63, 3.8) is 0 Å². The van der Waals surface area contributed by atoms with Crippen LogP contribution in [0.5, 0.6) is 5.75 Å². The average Bonchev–Trinajstić information content (AvgIpc) is 2.48. The predicted molar refractivity (Wildman–Crippen MR) is 95.8 cm³/mol. The SMILES string of the molecule is CCC(CNc1cc(Cl)c(Cl)cc1Cl)Oc1cccc(C)c1. The Morgan fingerprint density at radius 1 is 1.05 bits per heavy atom. The van der Waals surface area contributed by atoms with Gasteiger partial charge in [0, 0.05) is 0 Å². The van der Waals surface area contributed by atoms with Crippen LogP contribution in [0.1, 0.15) is 18.9 Å². The molecule has 1 unspecified atom stereocenters. The molecule has 0 aliphatic rings. The van der Waals surface area contributed by atoms with E-state index in [0.717, 1.165) is 17.9 Å². The molecule has 0 heterocycles. The molecule has 0 radical (unpaired) electrons. The van der Waals surface area contributed by atoms with Gasteiger partial charge in [-0.1, -0.05) is 53.9 Å². The molecular weight excluding hydrogens is 341 g/mol. The summed E-state index contributed by atoms with van der Waals surface area (Å²) in [6, 6.07) is 11.4. The van der Waals surface area contributed by atoms with Gasteiger partial charge in [0.15, 0.2) is 0 Å². The van der Waals surface area contributed by atoms with Gasteiger partial charge in [0.05, 0.1) is 27.3 Å². The average molecular weight is 359 g/mol. The second-order valence-electron chi connectivity index (χ2n) is 5.09. The van der Waals surface area contributed by atoms with Gasteiger partial charge in [-0.05, 0) is 43.2 Å². The number of aryl methyl sites for hydroxylation is 1. The molecule has 22 heavy (non-hydrogen) atoms. The number of ether oxygens (including phenoxy) is 1. The molecule has 0 amide bonds. The zero-order chi connectivity index (χ0) is 16.1. The number of anilines is 1. The van der Waals surface area contributed by atoms with Gasteiger partial charge in [0.25, 0.3) is 0 Å². The molecular formula is C17H18Cl3NO. The highest BCUT2D eigenvalue weighted by Crippen LogP contribution is 2.32. The van der Waals surface area contributed by atoms with Gasteiger partial charge in [-0.15, -0.1) is 0 Å². The van der Waals surface area contributed by atoms with Crippen LogP contribution in [0.4, 0.5) is 5.69 Å². The van der Waals surface area contributed by atoms with Crippen molar-refractivity contribution in [3.05, 3.63) is 57.0 Å². The molecule has 1 N–H and O–H groups in total. The summed E-state index contributed by atoms with van der Waals surface area (Å²) in [5, 5.41) is 4.73. The maximum atomic E-state index is 6.16. The van der Waals surface area contributed by atoms with E-state index < -0.39 is 0 Å².